The average molecular weight is 332 g/mol. The molecule has 3 rings (SSSR count). The van der Waals surface area contributed by atoms with E-state index in [0.717, 1.165) is 17.2 Å². The third-order valence-electron chi connectivity index (χ3n) is 3.28. The first-order valence-corrected chi connectivity index (χ1v) is 7.93. The summed E-state index contributed by atoms with van der Waals surface area (Å²) >= 11 is 1.21. The molecule has 3 nitrogen and oxygen atoms in total. The second-order valence-corrected chi connectivity index (χ2v) is 6.53. The SMILES string of the molecule is Cc1ccc(-c2nnc(C(C)Sc3ccc(F)cc3F)o2)cc1. The minimum atomic E-state index is -0.598. The van der Waals surface area contributed by atoms with Gasteiger partial charge in [-0.3, -0.25) is 0 Å². The van der Waals surface area contributed by atoms with Gasteiger partial charge in [-0.25, -0.2) is 8.78 Å². The molecule has 6 heteroatoms. The molecule has 1 aromatic heterocycles. The highest BCUT2D eigenvalue weighted by Crippen LogP contribution is 2.36. The van der Waals surface area contributed by atoms with Crippen LogP contribution in [0.5, 0.6) is 0 Å². The van der Waals surface area contributed by atoms with Crippen molar-refractivity contribution in [1.82, 2.24) is 10.2 Å². The molecule has 0 N–H and O–H groups in total. The van der Waals surface area contributed by atoms with E-state index in [2.05, 4.69) is 10.2 Å². The molecule has 0 aliphatic heterocycles. The molecule has 0 fully saturated rings. The number of nitrogens with zero attached hydrogens (tertiary/aromatic N) is 2. The van der Waals surface area contributed by atoms with Crippen molar-refractivity contribution in [2.45, 2.75) is 24.0 Å². The van der Waals surface area contributed by atoms with E-state index in [1.807, 2.05) is 38.1 Å². The van der Waals surface area contributed by atoms with Gasteiger partial charge in [-0.2, -0.15) is 0 Å². The van der Waals surface area contributed by atoms with Crippen LogP contribution in [0.15, 0.2) is 51.8 Å². The molecule has 2 aromatic carbocycles. The molecule has 1 atom stereocenters. The van der Waals surface area contributed by atoms with Crippen molar-refractivity contribution in [1.29, 1.82) is 0 Å². The molecule has 1 unspecified atom stereocenters. The zero-order chi connectivity index (χ0) is 16.4. The second kappa shape index (κ2) is 6.50. The maximum absolute atomic E-state index is 13.7. The van der Waals surface area contributed by atoms with Gasteiger partial charge in [0.25, 0.3) is 0 Å². The predicted molar refractivity (Wildman–Crippen MR) is 85.1 cm³/mol. The number of aromatic nitrogens is 2. The Morgan fingerprint density at radius 1 is 1.04 bits per heavy atom. The minimum Gasteiger partial charge on any atom is -0.419 e. The molecule has 0 aliphatic rings. The number of thioether (sulfide) groups is 1. The lowest BCUT2D eigenvalue weighted by atomic mass is 10.1. The van der Waals surface area contributed by atoms with Gasteiger partial charge >= 0.3 is 0 Å². The lowest BCUT2D eigenvalue weighted by Crippen LogP contribution is -1.91. The summed E-state index contributed by atoms with van der Waals surface area (Å²) in [7, 11) is 0. The molecule has 0 spiro atoms. The zero-order valence-corrected chi connectivity index (χ0v) is 13.4. The van der Waals surface area contributed by atoms with Crippen molar-refractivity contribution in [3.05, 3.63) is 65.6 Å². The fraction of sp³-hybridized carbons (Fsp3) is 0.176. The smallest absolute Gasteiger partial charge is 0.247 e. The fourth-order valence-corrected chi connectivity index (χ4v) is 2.92. The van der Waals surface area contributed by atoms with Crippen LogP contribution >= 0.6 is 11.8 Å². The van der Waals surface area contributed by atoms with Crippen LogP contribution in [0.2, 0.25) is 0 Å². The van der Waals surface area contributed by atoms with Crippen molar-refractivity contribution >= 4 is 11.8 Å². The number of aryl methyl sites for hydroxylation is 1. The molecule has 0 radical (unpaired) electrons. The maximum Gasteiger partial charge on any atom is 0.247 e. The van der Waals surface area contributed by atoms with Crippen LogP contribution < -0.4 is 0 Å². The van der Waals surface area contributed by atoms with Crippen molar-refractivity contribution in [3.8, 4) is 11.5 Å². The van der Waals surface area contributed by atoms with Crippen molar-refractivity contribution in [3.63, 3.8) is 0 Å². The summed E-state index contributed by atoms with van der Waals surface area (Å²) in [6, 6.07) is 11.2. The van der Waals surface area contributed by atoms with Crippen molar-refractivity contribution in [2.24, 2.45) is 0 Å². The molecule has 118 valence electrons. The first kappa shape index (κ1) is 15.7. The number of rotatable bonds is 4. The second-order valence-electron chi connectivity index (χ2n) is 5.15. The third kappa shape index (κ3) is 3.59. The quantitative estimate of drug-likeness (QED) is 0.617. The predicted octanol–water partition coefficient (Wildman–Crippen LogP) is 5.18. The molecular formula is C17H14F2N2OS. The van der Waals surface area contributed by atoms with Gasteiger partial charge in [0.15, 0.2) is 0 Å². The van der Waals surface area contributed by atoms with Gasteiger partial charge < -0.3 is 4.42 Å². The van der Waals surface area contributed by atoms with Crippen LogP contribution in [0.4, 0.5) is 8.78 Å². The number of hydrogen-bond acceptors (Lipinski definition) is 4. The van der Waals surface area contributed by atoms with Crippen LogP contribution in [0.25, 0.3) is 11.5 Å². The third-order valence-corrected chi connectivity index (χ3v) is 4.42. The highest BCUT2D eigenvalue weighted by Gasteiger charge is 2.18. The van der Waals surface area contributed by atoms with E-state index in [4.69, 9.17) is 4.42 Å². The largest absolute Gasteiger partial charge is 0.419 e. The molecule has 23 heavy (non-hydrogen) atoms. The number of halogens is 2. The monoisotopic (exact) mass is 332 g/mol. The number of hydrogen-bond donors (Lipinski definition) is 0. The lowest BCUT2D eigenvalue weighted by molar-refractivity contribution is 0.508. The summed E-state index contributed by atoms with van der Waals surface area (Å²) in [5.74, 6) is -0.375. The fourth-order valence-electron chi connectivity index (χ4n) is 2.02. The molecular weight excluding hydrogens is 318 g/mol. The Morgan fingerprint density at radius 2 is 1.78 bits per heavy atom. The van der Waals surface area contributed by atoms with Gasteiger partial charge in [-0.15, -0.1) is 22.0 Å². The molecule has 0 amide bonds. The Labute approximate surface area is 136 Å². The van der Waals surface area contributed by atoms with E-state index in [0.29, 0.717) is 16.7 Å². The van der Waals surface area contributed by atoms with Gasteiger partial charge in [0.05, 0.1) is 5.25 Å². The standard InChI is InChI=1S/C17H14F2N2OS/c1-10-3-5-12(6-4-10)17-21-20-16(22-17)11(2)23-15-8-7-13(18)9-14(15)19/h3-9,11H,1-2H3. The molecule has 0 aliphatic carbocycles. The summed E-state index contributed by atoms with van der Waals surface area (Å²) in [4.78, 5) is 0.342. The Hall–Kier alpha value is -2.21. The van der Waals surface area contributed by atoms with Crippen LogP contribution in [-0.4, -0.2) is 10.2 Å². The van der Waals surface area contributed by atoms with Crippen LogP contribution in [-0.2, 0) is 0 Å². The Morgan fingerprint density at radius 3 is 2.48 bits per heavy atom. The normalized spacial score (nSPS) is 12.3. The topological polar surface area (TPSA) is 38.9 Å². The molecule has 0 saturated carbocycles. The molecule has 1 heterocycles. The van der Waals surface area contributed by atoms with E-state index in [1.54, 1.807) is 0 Å². The van der Waals surface area contributed by atoms with E-state index >= 15 is 0 Å². The van der Waals surface area contributed by atoms with E-state index in [-0.39, 0.29) is 5.25 Å². The molecule has 3 aromatic rings. The molecule has 0 saturated heterocycles. The first-order valence-electron chi connectivity index (χ1n) is 7.05. The average Bonchev–Trinajstić information content (AvgIpc) is 3.01. The summed E-state index contributed by atoms with van der Waals surface area (Å²) in [6.07, 6.45) is 0. The van der Waals surface area contributed by atoms with E-state index in [1.165, 1.54) is 23.9 Å². The summed E-state index contributed by atoms with van der Waals surface area (Å²) in [5.41, 5.74) is 1.98. The van der Waals surface area contributed by atoms with Gasteiger partial charge in [0.1, 0.15) is 11.6 Å². The lowest BCUT2D eigenvalue weighted by Gasteiger charge is -2.07. The highest BCUT2D eigenvalue weighted by molar-refractivity contribution is 7.99. The van der Waals surface area contributed by atoms with Crippen LogP contribution in [0.1, 0.15) is 23.6 Å². The maximum atomic E-state index is 13.7. The number of benzene rings is 2. The summed E-state index contributed by atoms with van der Waals surface area (Å²) < 4.78 is 32.3. The van der Waals surface area contributed by atoms with Gasteiger partial charge in [0.2, 0.25) is 11.8 Å². The van der Waals surface area contributed by atoms with Crippen molar-refractivity contribution < 1.29 is 13.2 Å². The van der Waals surface area contributed by atoms with Crippen molar-refractivity contribution in [2.75, 3.05) is 0 Å². The van der Waals surface area contributed by atoms with Gasteiger partial charge in [0, 0.05) is 16.5 Å². The van der Waals surface area contributed by atoms with Gasteiger partial charge in [-0.05, 0) is 38.1 Å². The van der Waals surface area contributed by atoms with Crippen LogP contribution in [0.3, 0.4) is 0 Å². The first-order chi connectivity index (χ1) is 11.0. The Kier molecular flexibility index (Phi) is 4.43. The summed E-state index contributed by atoms with van der Waals surface area (Å²) in [5, 5.41) is 7.81. The zero-order valence-electron chi connectivity index (χ0n) is 12.6. The Bertz CT molecular complexity index is 818. The summed E-state index contributed by atoms with van der Waals surface area (Å²) in [6.45, 7) is 3.83. The highest BCUT2D eigenvalue weighted by atomic mass is 32.2. The van der Waals surface area contributed by atoms with Gasteiger partial charge in [-0.1, -0.05) is 17.7 Å². The van der Waals surface area contributed by atoms with Crippen LogP contribution in [0, 0.1) is 18.6 Å². The molecule has 0 bridgehead atoms. The minimum absolute atomic E-state index is 0.248. The van der Waals surface area contributed by atoms with E-state index in [9.17, 15) is 8.78 Å². The van der Waals surface area contributed by atoms with E-state index < -0.39 is 11.6 Å². The Balaban J connectivity index is 1.78.